The lowest BCUT2D eigenvalue weighted by Gasteiger charge is -2.38. The van der Waals surface area contributed by atoms with Gasteiger partial charge in [0.15, 0.2) is 0 Å². The average molecular weight is 182 g/mol. The van der Waals surface area contributed by atoms with Crippen LogP contribution in [0, 0.1) is 0 Å². The summed E-state index contributed by atoms with van der Waals surface area (Å²) in [6, 6.07) is 8.66. The van der Waals surface area contributed by atoms with Crippen LogP contribution in [0.2, 0.25) is 5.02 Å². The van der Waals surface area contributed by atoms with Gasteiger partial charge in [-0.1, -0.05) is 29.8 Å². The van der Waals surface area contributed by atoms with Crippen molar-refractivity contribution in [3.8, 4) is 0 Å². The molecule has 0 aromatic heterocycles. The minimum absolute atomic E-state index is 0.554. The highest BCUT2D eigenvalue weighted by Crippen LogP contribution is 2.35. The van der Waals surface area contributed by atoms with Gasteiger partial charge in [0.1, 0.15) is 0 Å². The maximum Gasteiger partial charge on any atom is 0.0453 e. The van der Waals surface area contributed by atoms with Crippen molar-refractivity contribution in [2.75, 3.05) is 13.6 Å². The summed E-state index contributed by atoms with van der Waals surface area (Å²) in [5.41, 5.74) is 1.27. The monoisotopic (exact) mass is 181 g/mol. The standard InChI is InChI=1S/C10H12ClN/c1-12-7-6-10(12)8-4-2-3-5-9(8)11/h2-5,10H,6-7H2,1H3. The van der Waals surface area contributed by atoms with Crippen LogP contribution in [0.15, 0.2) is 24.3 Å². The molecule has 0 N–H and O–H groups in total. The van der Waals surface area contributed by atoms with Gasteiger partial charge in [0.2, 0.25) is 0 Å². The first-order valence-corrected chi connectivity index (χ1v) is 4.61. The van der Waals surface area contributed by atoms with Crippen molar-refractivity contribution < 1.29 is 0 Å². The van der Waals surface area contributed by atoms with E-state index in [1.807, 2.05) is 18.2 Å². The van der Waals surface area contributed by atoms with Crippen molar-refractivity contribution in [1.29, 1.82) is 0 Å². The third-order valence-corrected chi connectivity index (χ3v) is 2.90. The summed E-state index contributed by atoms with van der Waals surface area (Å²) < 4.78 is 0. The molecule has 0 saturated carbocycles. The van der Waals surface area contributed by atoms with Crippen LogP contribution in [0.4, 0.5) is 0 Å². The highest BCUT2D eigenvalue weighted by atomic mass is 35.5. The molecule has 1 aliphatic heterocycles. The Morgan fingerprint density at radius 1 is 1.42 bits per heavy atom. The molecule has 1 aromatic carbocycles. The van der Waals surface area contributed by atoms with E-state index in [0.717, 1.165) is 5.02 Å². The molecule has 0 radical (unpaired) electrons. The van der Waals surface area contributed by atoms with Crippen LogP contribution in [0.5, 0.6) is 0 Å². The molecule has 0 bridgehead atoms. The molecule has 12 heavy (non-hydrogen) atoms. The van der Waals surface area contributed by atoms with Crippen LogP contribution in [0.1, 0.15) is 18.0 Å². The van der Waals surface area contributed by atoms with E-state index >= 15 is 0 Å². The second-order valence-corrected chi connectivity index (χ2v) is 3.71. The first kappa shape index (κ1) is 8.09. The molecule has 1 saturated heterocycles. The summed E-state index contributed by atoms with van der Waals surface area (Å²) in [4.78, 5) is 2.32. The molecular formula is C10H12ClN. The number of rotatable bonds is 1. The van der Waals surface area contributed by atoms with Crippen molar-refractivity contribution in [2.45, 2.75) is 12.5 Å². The van der Waals surface area contributed by atoms with Gasteiger partial charge in [0, 0.05) is 17.6 Å². The quantitative estimate of drug-likeness (QED) is 0.644. The number of nitrogens with zero attached hydrogens (tertiary/aromatic N) is 1. The SMILES string of the molecule is CN1CCC1c1ccccc1Cl. The Balaban J connectivity index is 2.27. The molecule has 1 aromatic rings. The molecule has 1 heterocycles. The minimum atomic E-state index is 0.554. The summed E-state index contributed by atoms with van der Waals surface area (Å²) >= 11 is 6.07. The fourth-order valence-corrected chi connectivity index (χ4v) is 1.92. The van der Waals surface area contributed by atoms with E-state index in [1.54, 1.807) is 0 Å². The Morgan fingerprint density at radius 3 is 2.67 bits per heavy atom. The van der Waals surface area contributed by atoms with E-state index < -0.39 is 0 Å². The maximum absolute atomic E-state index is 6.07. The molecule has 2 rings (SSSR count). The Hall–Kier alpha value is -0.530. The van der Waals surface area contributed by atoms with Gasteiger partial charge in [-0.05, 0) is 25.1 Å². The smallest absolute Gasteiger partial charge is 0.0453 e. The normalized spacial score (nSPS) is 23.7. The van der Waals surface area contributed by atoms with E-state index in [-0.39, 0.29) is 0 Å². The van der Waals surface area contributed by atoms with Gasteiger partial charge in [-0.15, -0.1) is 0 Å². The van der Waals surface area contributed by atoms with Crippen molar-refractivity contribution in [3.05, 3.63) is 34.9 Å². The van der Waals surface area contributed by atoms with Crippen molar-refractivity contribution >= 4 is 11.6 Å². The predicted octanol–water partition coefficient (Wildman–Crippen LogP) is 2.72. The van der Waals surface area contributed by atoms with Crippen molar-refractivity contribution in [2.24, 2.45) is 0 Å². The zero-order valence-electron chi connectivity index (χ0n) is 7.13. The average Bonchev–Trinajstić information content (AvgIpc) is 2.06. The summed E-state index contributed by atoms with van der Waals surface area (Å²) in [7, 11) is 2.14. The topological polar surface area (TPSA) is 3.24 Å². The highest BCUT2D eigenvalue weighted by Gasteiger charge is 2.26. The zero-order chi connectivity index (χ0) is 8.55. The van der Waals surface area contributed by atoms with Crippen LogP contribution in [-0.4, -0.2) is 18.5 Å². The lowest BCUT2D eigenvalue weighted by molar-refractivity contribution is 0.128. The van der Waals surface area contributed by atoms with Crippen molar-refractivity contribution in [1.82, 2.24) is 4.90 Å². The molecular weight excluding hydrogens is 170 g/mol. The van der Waals surface area contributed by atoms with E-state index in [9.17, 15) is 0 Å². The summed E-state index contributed by atoms with van der Waals surface area (Å²) in [5.74, 6) is 0. The van der Waals surface area contributed by atoms with Gasteiger partial charge in [0.05, 0.1) is 0 Å². The second-order valence-electron chi connectivity index (χ2n) is 3.31. The lowest BCUT2D eigenvalue weighted by Crippen LogP contribution is -2.37. The molecule has 1 aliphatic rings. The summed E-state index contributed by atoms with van der Waals surface area (Å²) in [6.45, 7) is 1.19. The Labute approximate surface area is 77.9 Å². The molecule has 1 atom stereocenters. The van der Waals surface area contributed by atoms with Gasteiger partial charge in [-0.2, -0.15) is 0 Å². The molecule has 64 valence electrons. The van der Waals surface area contributed by atoms with E-state index in [1.165, 1.54) is 18.5 Å². The largest absolute Gasteiger partial charge is 0.299 e. The van der Waals surface area contributed by atoms with Crippen LogP contribution < -0.4 is 0 Å². The number of likely N-dealkylation sites (tertiary alicyclic amines) is 1. The highest BCUT2D eigenvalue weighted by molar-refractivity contribution is 6.31. The Bertz CT molecular complexity index is 285. The fraction of sp³-hybridized carbons (Fsp3) is 0.400. The summed E-state index contributed by atoms with van der Waals surface area (Å²) in [5, 5.41) is 0.897. The molecule has 0 spiro atoms. The lowest BCUT2D eigenvalue weighted by atomic mass is 9.96. The van der Waals surface area contributed by atoms with E-state index in [0.29, 0.717) is 6.04 Å². The van der Waals surface area contributed by atoms with Gasteiger partial charge in [0.25, 0.3) is 0 Å². The van der Waals surface area contributed by atoms with Gasteiger partial charge < -0.3 is 0 Å². The van der Waals surface area contributed by atoms with Gasteiger partial charge in [-0.25, -0.2) is 0 Å². The van der Waals surface area contributed by atoms with E-state index in [2.05, 4.69) is 18.0 Å². The molecule has 2 heteroatoms. The van der Waals surface area contributed by atoms with Gasteiger partial charge in [-0.3, -0.25) is 4.90 Å². The van der Waals surface area contributed by atoms with Crippen LogP contribution in [-0.2, 0) is 0 Å². The molecule has 0 amide bonds. The second kappa shape index (κ2) is 3.08. The van der Waals surface area contributed by atoms with E-state index in [4.69, 9.17) is 11.6 Å². The van der Waals surface area contributed by atoms with Crippen LogP contribution >= 0.6 is 11.6 Å². The van der Waals surface area contributed by atoms with Crippen molar-refractivity contribution in [3.63, 3.8) is 0 Å². The summed E-state index contributed by atoms with van der Waals surface area (Å²) in [6.07, 6.45) is 1.24. The number of benzene rings is 1. The molecule has 1 unspecified atom stereocenters. The van der Waals surface area contributed by atoms with Crippen LogP contribution in [0.25, 0.3) is 0 Å². The Kier molecular flexibility index (Phi) is 2.07. The van der Waals surface area contributed by atoms with Crippen LogP contribution in [0.3, 0.4) is 0 Å². The third kappa shape index (κ3) is 1.23. The zero-order valence-corrected chi connectivity index (χ0v) is 7.88. The van der Waals surface area contributed by atoms with Gasteiger partial charge >= 0.3 is 0 Å². The number of hydrogen-bond acceptors (Lipinski definition) is 1. The molecule has 0 aliphatic carbocycles. The Morgan fingerprint density at radius 2 is 2.17 bits per heavy atom. The molecule has 1 fully saturated rings. The first-order valence-electron chi connectivity index (χ1n) is 4.23. The minimum Gasteiger partial charge on any atom is -0.299 e. The number of halogens is 1. The maximum atomic E-state index is 6.07. The first-order chi connectivity index (χ1) is 5.79. The molecule has 1 nitrogen and oxygen atoms in total. The fourth-order valence-electron chi connectivity index (χ4n) is 1.65. The predicted molar refractivity (Wildman–Crippen MR) is 51.4 cm³/mol. The number of hydrogen-bond donors (Lipinski definition) is 0. The third-order valence-electron chi connectivity index (χ3n) is 2.55.